The number of hydrogen-bond donors (Lipinski definition) is 2. The molecule has 0 aliphatic heterocycles. The van der Waals surface area contributed by atoms with Crippen LogP contribution < -0.4 is 0 Å². The Morgan fingerprint density at radius 1 is 0.750 bits per heavy atom. The van der Waals surface area contributed by atoms with E-state index in [2.05, 4.69) is 19.9 Å². The fourth-order valence-electron chi connectivity index (χ4n) is 0.430. The molecule has 2 aromatic rings. The molecule has 4 nitrogen and oxygen atoms in total. The van der Waals surface area contributed by atoms with Gasteiger partial charge >= 0.3 is 0 Å². The Bertz CT molecular complexity index is 150. The number of H-pyrrole nitrogens is 2. The Morgan fingerprint density at radius 3 is 1.25 bits per heavy atom. The van der Waals surface area contributed by atoms with Gasteiger partial charge in [0.05, 0.1) is 12.7 Å². The fourth-order valence-corrected chi connectivity index (χ4v) is 0.430. The van der Waals surface area contributed by atoms with Crippen LogP contribution in [-0.4, -0.2) is 19.9 Å². The lowest BCUT2D eigenvalue weighted by Crippen LogP contribution is -1.44. The van der Waals surface area contributed by atoms with Gasteiger partial charge in [-0.3, -0.25) is 0 Å². The van der Waals surface area contributed by atoms with Gasteiger partial charge in [-0.05, 0) is 0 Å². The second-order valence-corrected chi connectivity index (χ2v) is 1.52. The molecule has 0 aliphatic rings. The number of aromatic nitrogens is 4. The molecule has 0 bridgehead atoms. The van der Waals surface area contributed by atoms with Gasteiger partial charge in [0.15, 0.2) is 0 Å². The van der Waals surface area contributed by atoms with Gasteiger partial charge in [-0.15, -0.1) is 0 Å². The van der Waals surface area contributed by atoms with Crippen LogP contribution in [0, 0.1) is 0 Å². The maximum atomic E-state index is 3.67. The summed E-state index contributed by atoms with van der Waals surface area (Å²) in [7, 11) is 0. The van der Waals surface area contributed by atoms with Crippen LogP contribution in [0.25, 0.3) is 0 Å². The maximum Gasteiger partial charge on any atom is 0.0919 e. The lowest BCUT2D eigenvalue weighted by atomic mass is 11.0. The third kappa shape index (κ3) is 6.54. The van der Waals surface area contributed by atoms with E-state index in [9.17, 15) is 0 Å². The van der Waals surface area contributed by atoms with E-state index >= 15 is 0 Å². The Hall–Kier alpha value is -1.58. The predicted molar refractivity (Wildman–Crippen MR) is 50.6 cm³/mol. The first-order valence-corrected chi connectivity index (χ1v) is 2.85. The van der Waals surface area contributed by atoms with Gasteiger partial charge in [-0.25, -0.2) is 9.97 Å². The SMILES string of the molecule is C.C.c1c[nH]cn1.c1c[nH]cn1. The minimum absolute atomic E-state index is 0. The molecule has 0 saturated carbocycles. The standard InChI is InChI=1S/2C3H4N2.2CH4/c2*1-2-5-3-4-1;;/h2*1-3H,(H,4,5);2*1H4. The molecule has 0 unspecified atom stereocenters. The van der Waals surface area contributed by atoms with Gasteiger partial charge in [0.2, 0.25) is 0 Å². The number of rotatable bonds is 0. The first-order valence-electron chi connectivity index (χ1n) is 2.85. The molecule has 4 heteroatoms. The summed E-state index contributed by atoms with van der Waals surface area (Å²) in [6.07, 6.45) is 10.2. The van der Waals surface area contributed by atoms with Crippen LogP contribution in [0.1, 0.15) is 14.9 Å². The number of imidazole rings is 2. The van der Waals surface area contributed by atoms with E-state index in [-0.39, 0.29) is 14.9 Å². The van der Waals surface area contributed by atoms with Crippen molar-refractivity contribution >= 4 is 0 Å². The number of nitrogens with zero attached hydrogens (tertiary/aromatic N) is 2. The molecule has 0 saturated heterocycles. The molecule has 2 N–H and O–H groups in total. The molecule has 0 atom stereocenters. The van der Waals surface area contributed by atoms with E-state index in [1.165, 1.54) is 0 Å². The third-order valence-corrected chi connectivity index (χ3v) is 0.812. The van der Waals surface area contributed by atoms with Crippen molar-refractivity contribution in [1.29, 1.82) is 0 Å². The number of hydrogen-bond acceptors (Lipinski definition) is 2. The summed E-state index contributed by atoms with van der Waals surface area (Å²) < 4.78 is 0. The first kappa shape index (κ1) is 13.0. The summed E-state index contributed by atoms with van der Waals surface area (Å²) in [6, 6.07) is 0. The van der Waals surface area contributed by atoms with Crippen molar-refractivity contribution in [1.82, 2.24) is 19.9 Å². The average Bonchev–Trinajstić information content (AvgIpc) is 2.67. The van der Waals surface area contributed by atoms with Crippen molar-refractivity contribution in [2.45, 2.75) is 14.9 Å². The minimum atomic E-state index is 0. The topological polar surface area (TPSA) is 57.4 Å². The molecule has 0 spiro atoms. The molecule has 12 heavy (non-hydrogen) atoms. The van der Waals surface area contributed by atoms with Gasteiger partial charge in [-0.2, -0.15) is 0 Å². The zero-order valence-corrected chi connectivity index (χ0v) is 5.36. The van der Waals surface area contributed by atoms with Crippen LogP contribution in [0.5, 0.6) is 0 Å². The summed E-state index contributed by atoms with van der Waals surface area (Å²) in [5, 5.41) is 0. The monoisotopic (exact) mass is 168 g/mol. The van der Waals surface area contributed by atoms with E-state index in [1.54, 1.807) is 37.4 Å². The molecular formula is C8H16N4. The molecule has 2 aromatic heterocycles. The Labute approximate surface area is 73.1 Å². The highest BCUT2D eigenvalue weighted by molar-refractivity contribution is 4.65. The second kappa shape index (κ2) is 9.42. The summed E-state index contributed by atoms with van der Waals surface area (Å²) in [5.41, 5.74) is 0. The molecule has 0 amide bonds. The lowest BCUT2D eigenvalue weighted by Gasteiger charge is -1.46. The van der Waals surface area contributed by atoms with E-state index in [0.29, 0.717) is 0 Å². The first-order chi connectivity index (χ1) is 5.00. The van der Waals surface area contributed by atoms with Gasteiger partial charge < -0.3 is 9.97 Å². The highest BCUT2D eigenvalue weighted by atomic mass is 14.8. The number of aromatic amines is 2. The Morgan fingerprint density at radius 2 is 1.17 bits per heavy atom. The molecule has 68 valence electrons. The molecule has 0 radical (unpaired) electrons. The summed E-state index contributed by atoms with van der Waals surface area (Å²) in [5.74, 6) is 0. The minimum Gasteiger partial charge on any atom is -0.351 e. The van der Waals surface area contributed by atoms with Gasteiger partial charge in [0, 0.05) is 24.8 Å². The third-order valence-electron chi connectivity index (χ3n) is 0.812. The zero-order valence-electron chi connectivity index (χ0n) is 5.36. The van der Waals surface area contributed by atoms with Gasteiger partial charge in [0.25, 0.3) is 0 Å². The molecule has 0 aliphatic carbocycles. The van der Waals surface area contributed by atoms with Crippen molar-refractivity contribution in [2.24, 2.45) is 0 Å². The normalized spacial score (nSPS) is 6.67. The van der Waals surface area contributed by atoms with Crippen LogP contribution in [-0.2, 0) is 0 Å². The van der Waals surface area contributed by atoms with Crippen LogP contribution in [0.4, 0.5) is 0 Å². The lowest BCUT2D eigenvalue weighted by molar-refractivity contribution is 1.31. The molecule has 2 heterocycles. The fraction of sp³-hybridized carbons (Fsp3) is 0.250. The summed E-state index contributed by atoms with van der Waals surface area (Å²) >= 11 is 0. The van der Waals surface area contributed by atoms with E-state index in [0.717, 1.165) is 0 Å². The van der Waals surface area contributed by atoms with E-state index < -0.39 is 0 Å². The van der Waals surface area contributed by atoms with Crippen molar-refractivity contribution < 1.29 is 0 Å². The van der Waals surface area contributed by atoms with Crippen LogP contribution in [0.3, 0.4) is 0 Å². The zero-order chi connectivity index (χ0) is 7.07. The molecule has 0 fully saturated rings. The summed E-state index contributed by atoms with van der Waals surface area (Å²) in [6.45, 7) is 0. The average molecular weight is 168 g/mol. The Balaban J connectivity index is 0. The number of nitrogens with one attached hydrogen (secondary N) is 2. The van der Waals surface area contributed by atoms with Crippen LogP contribution in [0.2, 0.25) is 0 Å². The van der Waals surface area contributed by atoms with Gasteiger partial charge in [-0.1, -0.05) is 14.9 Å². The van der Waals surface area contributed by atoms with Crippen LogP contribution in [0.15, 0.2) is 37.4 Å². The maximum absolute atomic E-state index is 3.67. The van der Waals surface area contributed by atoms with Crippen molar-refractivity contribution in [2.75, 3.05) is 0 Å². The van der Waals surface area contributed by atoms with E-state index in [1.807, 2.05) is 0 Å². The van der Waals surface area contributed by atoms with Crippen molar-refractivity contribution in [3.8, 4) is 0 Å². The predicted octanol–water partition coefficient (Wildman–Crippen LogP) is 2.09. The van der Waals surface area contributed by atoms with Crippen LogP contribution >= 0.6 is 0 Å². The largest absolute Gasteiger partial charge is 0.351 e. The van der Waals surface area contributed by atoms with Crippen molar-refractivity contribution in [3.63, 3.8) is 0 Å². The van der Waals surface area contributed by atoms with E-state index in [4.69, 9.17) is 0 Å². The highest BCUT2D eigenvalue weighted by Gasteiger charge is 1.56. The molecule has 0 aromatic carbocycles. The quantitative estimate of drug-likeness (QED) is 0.632. The highest BCUT2D eigenvalue weighted by Crippen LogP contribution is 1.63. The molecule has 2 rings (SSSR count). The second-order valence-electron chi connectivity index (χ2n) is 1.52. The van der Waals surface area contributed by atoms with Crippen molar-refractivity contribution in [3.05, 3.63) is 37.4 Å². The summed E-state index contributed by atoms with van der Waals surface area (Å²) in [4.78, 5) is 12.8. The Kier molecular flexibility index (Phi) is 10.2. The molecular weight excluding hydrogens is 152 g/mol. The van der Waals surface area contributed by atoms with Gasteiger partial charge in [0.1, 0.15) is 0 Å². The smallest absolute Gasteiger partial charge is 0.0919 e.